The summed E-state index contributed by atoms with van der Waals surface area (Å²) in [6.45, 7) is 0.827. The van der Waals surface area contributed by atoms with Gasteiger partial charge in [-0.3, -0.25) is 10.2 Å². The number of amides is 1. The number of aliphatic imine (C=N–C) groups is 1. The number of carbonyl (C=O) groups is 1. The van der Waals surface area contributed by atoms with Crippen LogP contribution in [0.2, 0.25) is 20.1 Å². The number of aliphatic hydroxyl groups is 1. The fraction of sp³-hybridized carbons (Fsp3) is 0.222. The first-order valence-electron chi connectivity index (χ1n) is 15.0. The van der Waals surface area contributed by atoms with Gasteiger partial charge in [0.2, 0.25) is 5.90 Å². The second-order valence-corrected chi connectivity index (χ2v) is 12.5. The predicted octanol–water partition coefficient (Wildman–Crippen LogP) is 8.29. The van der Waals surface area contributed by atoms with E-state index < -0.39 is 17.6 Å². The smallest absolute Gasteiger partial charge is 0.266 e. The number of halogens is 4. The third-order valence-corrected chi connectivity index (χ3v) is 8.70. The molecule has 5 rings (SSSR count). The van der Waals surface area contributed by atoms with Gasteiger partial charge in [-0.15, -0.1) is 0 Å². The topological polar surface area (TPSA) is 92.2 Å². The van der Waals surface area contributed by atoms with Crippen LogP contribution in [0.3, 0.4) is 0 Å². The molecule has 0 fully saturated rings. The number of hydrazine groups is 1. The zero-order valence-electron chi connectivity index (χ0n) is 25.3. The third-order valence-electron chi connectivity index (χ3n) is 7.55. The van der Waals surface area contributed by atoms with Gasteiger partial charge in [-0.25, -0.2) is 10.4 Å². The van der Waals surface area contributed by atoms with Gasteiger partial charge in [0, 0.05) is 57.2 Å². The molecular weight excluding hydrogens is 680 g/mol. The Morgan fingerprint density at radius 2 is 1.66 bits per heavy atom. The minimum absolute atomic E-state index is 0.0456. The second kappa shape index (κ2) is 16.5. The molecule has 3 N–H and O–H groups in total. The van der Waals surface area contributed by atoms with Crippen LogP contribution in [0.1, 0.15) is 41.2 Å². The molecule has 2 atom stereocenters. The molecule has 1 aliphatic rings. The average Bonchev–Trinajstić information content (AvgIpc) is 3.45. The highest BCUT2D eigenvalue weighted by Crippen LogP contribution is 2.45. The van der Waals surface area contributed by atoms with Crippen LogP contribution < -0.4 is 15.6 Å². The zero-order chi connectivity index (χ0) is 33.2. The fourth-order valence-corrected chi connectivity index (χ4v) is 6.13. The van der Waals surface area contributed by atoms with Gasteiger partial charge in [0.15, 0.2) is 11.6 Å². The Kier molecular flexibility index (Phi) is 12.2. The van der Waals surface area contributed by atoms with Gasteiger partial charge in [0.1, 0.15) is 5.75 Å². The molecule has 1 heterocycles. The number of nitrogens with zero attached hydrogens (tertiary/aromatic N) is 1. The molecule has 0 spiro atoms. The molecule has 7 nitrogen and oxygen atoms in total. The van der Waals surface area contributed by atoms with E-state index in [1.165, 1.54) is 0 Å². The van der Waals surface area contributed by atoms with Crippen molar-refractivity contribution < 1.29 is 19.4 Å². The summed E-state index contributed by atoms with van der Waals surface area (Å²) in [6, 6.07) is 27.4. The lowest BCUT2D eigenvalue weighted by Gasteiger charge is -2.30. The van der Waals surface area contributed by atoms with Crippen molar-refractivity contribution in [2.75, 3.05) is 19.8 Å². The number of hydrogen-bond donors (Lipinski definition) is 3. The highest BCUT2D eigenvalue weighted by Gasteiger charge is 2.53. The van der Waals surface area contributed by atoms with E-state index in [4.69, 9.17) is 66.0 Å². The van der Waals surface area contributed by atoms with E-state index in [1.54, 1.807) is 42.5 Å². The molecule has 1 amide bonds. The van der Waals surface area contributed by atoms with Gasteiger partial charge in [0.25, 0.3) is 5.91 Å². The molecule has 11 heteroatoms. The van der Waals surface area contributed by atoms with E-state index >= 15 is 0 Å². The van der Waals surface area contributed by atoms with Crippen LogP contribution in [0, 0.1) is 0 Å². The average molecular weight is 713 g/mol. The van der Waals surface area contributed by atoms with Gasteiger partial charge >= 0.3 is 0 Å². The lowest BCUT2D eigenvalue weighted by molar-refractivity contribution is -0.129. The van der Waals surface area contributed by atoms with E-state index in [0.717, 1.165) is 11.1 Å². The Morgan fingerprint density at radius 1 is 0.936 bits per heavy atom. The summed E-state index contributed by atoms with van der Waals surface area (Å²) in [5.74, 6) is 0.504. The summed E-state index contributed by atoms with van der Waals surface area (Å²) in [6.07, 6.45) is 4.21. The van der Waals surface area contributed by atoms with Crippen molar-refractivity contribution in [2.45, 2.75) is 30.9 Å². The minimum Gasteiger partial charge on any atom is -0.494 e. The monoisotopic (exact) mass is 711 g/mol. The molecule has 0 saturated carbocycles. The Bertz CT molecular complexity index is 1730. The van der Waals surface area contributed by atoms with Crippen LogP contribution in [0.25, 0.3) is 6.08 Å². The molecule has 4 aromatic rings. The molecule has 4 aromatic carbocycles. The zero-order valence-corrected chi connectivity index (χ0v) is 28.3. The largest absolute Gasteiger partial charge is 0.494 e. The maximum atomic E-state index is 14.3. The van der Waals surface area contributed by atoms with E-state index in [9.17, 15) is 4.79 Å². The van der Waals surface area contributed by atoms with E-state index in [2.05, 4.69) is 10.9 Å². The molecule has 0 radical (unpaired) electrons. The van der Waals surface area contributed by atoms with Crippen LogP contribution in [-0.2, 0) is 16.0 Å². The van der Waals surface area contributed by atoms with Crippen LogP contribution in [0.5, 0.6) is 5.75 Å². The lowest BCUT2D eigenvalue weighted by atomic mass is 9.84. The van der Waals surface area contributed by atoms with Crippen molar-refractivity contribution in [1.82, 2.24) is 10.9 Å². The van der Waals surface area contributed by atoms with Crippen molar-refractivity contribution in [3.8, 4) is 5.75 Å². The quantitative estimate of drug-likeness (QED) is 0.0904. The van der Waals surface area contributed by atoms with Crippen LogP contribution in [0.4, 0.5) is 0 Å². The lowest BCUT2D eigenvalue weighted by Crippen LogP contribution is -2.52. The highest BCUT2D eigenvalue weighted by molar-refractivity contribution is 6.35. The van der Waals surface area contributed by atoms with Gasteiger partial charge < -0.3 is 14.6 Å². The maximum absolute atomic E-state index is 14.3. The van der Waals surface area contributed by atoms with Crippen molar-refractivity contribution in [1.29, 1.82) is 0 Å². The molecule has 0 aromatic heterocycles. The Hall–Kier alpha value is -3.56. The minimum atomic E-state index is -1.46. The van der Waals surface area contributed by atoms with Gasteiger partial charge in [-0.05, 0) is 66.1 Å². The predicted molar refractivity (Wildman–Crippen MR) is 190 cm³/mol. The Labute approximate surface area is 294 Å². The first kappa shape index (κ1) is 34.8. The van der Waals surface area contributed by atoms with Gasteiger partial charge in [0.05, 0.1) is 6.61 Å². The summed E-state index contributed by atoms with van der Waals surface area (Å²) >= 11 is 25.4. The molecule has 1 aliphatic heterocycles. The second-order valence-electron chi connectivity index (χ2n) is 10.8. The number of hydrogen-bond acceptors (Lipinski definition) is 6. The molecule has 0 aliphatic carbocycles. The van der Waals surface area contributed by atoms with Crippen LogP contribution >= 0.6 is 46.4 Å². The summed E-state index contributed by atoms with van der Waals surface area (Å²) in [7, 11) is 0. The van der Waals surface area contributed by atoms with Gasteiger partial charge in [-0.1, -0.05) is 101 Å². The normalized spacial score (nSPS) is 17.4. The van der Waals surface area contributed by atoms with E-state index in [1.807, 2.05) is 60.7 Å². The van der Waals surface area contributed by atoms with Gasteiger partial charge in [-0.2, -0.15) is 0 Å². The number of benzene rings is 4. The highest BCUT2D eigenvalue weighted by atomic mass is 35.5. The molecule has 0 saturated heterocycles. The number of aliphatic hydroxyl groups excluding tert-OH is 1. The van der Waals surface area contributed by atoms with Crippen molar-refractivity contribution in [2.24, 2.45) is 4.99 Å². The molecule has 244 valence electrons. The Balaban J connectivity index is 1.47. The van der Waals surface area contributed by atoms with Crippen molar-refractivity contribution in [3.05, 3.63) is 139 Å². The summed E-state index contributed by atoms with van der Waals surface area (Å²) in [5.41, 5.74) is 7.53. The summed E-state index contributed by atoms with van der Waals surface area (Å²) in [5, 5.41) is 11.0. The molecule has 0 unspecified atom stereocenters. The number of carbonyl (C=O) groups excluding carboxylic acids is 1. The van der Waals surface area contributed by atoms with Crippen molar-refractivity contribution >= 4 is 64.3 Å². The van der Waals surface area contributed by atoms with E-state index in [-0.39, 0.29) is 18.9 Å². The maximum Gasteiger partial charge on any atom is 0.266 e. The third kappa shape index (κ3) is 8.87. The number of nitrogens with one attached hydrogen (secondary N) is 2. The van der Waals surface area contributed by atoms with Crippen LogP contribution in [0.15, 0.2) is 102 Å². The molecule has 47 heavy (non-hydrogen) atoms. The van der Waals surface area contributed by atoms with Crippen molar-refractivity contribution in [3.63, 3.8) is 0 Å². The standard InChI is InChI=1S/C36H33Cl4N3O4/c37-27-12-9-25(31(39)22-27)17-19-41-43-35(45)36(18-4-8-24-6-2-1-3-7-24)33(30-16-13-28(38)23-32(30)40)47-34(42-36)26-10-14-29(15-11-26)46-21-5-20-44/h1-4,6-16,22-23,33,41,44H,5,17-21H2,(H,43,45)/b8-4+/t33-,36-/m0/s1. The summed E-state index contributed by atoms with van der Waals surface area (Å²) < 4.78 is 12.2. The first-order chi connectivity index (χ1) is 22.8. The SMILES string of the molecule is O=C(NNCCc1ccc(Cl)cc1Cl)[C@@]1(C/C=C/c2ccccc2)N=C(c2ccc(OCCCO)cc2)O[C@H]1c1ccc(Cl)cc1Cl. The summed E-state index contributed by atoms with van der Waals surface area (Å²) in [4.78, 5) is 19.3. The first-order valence-corrected chi connectivity index (χ1v) is 16.5. The Morgan fingerprint density at radius 3 is 2.36 bits per heavy atom. The number of rotatable bonds is 14. The number of ether oxygens (including phenoxy) is 2. The van der Waals surface area contributed by atoms with E-state index in [0.29, 0.717) is 63.0 Å². The van der Waals surface area contributed by atoms with Crippen LogP contribution in [-0.4, -0.2) is 42.2 Å². The fourth-order valence-electron chi connectivity index (χ4n) is 5.12. The molecular formula is C36H33Cl4N3O4. The molecule has 0 bridgehead atoms.